The Labute approximate surface area is 89.3 Å². The molecule has 0 atom stereocenters. The predicted molar refractivity (Wildman–Crippen MR) is 63.4 cm³/mol. The quantitative estimate of drug-likeness (QED) is 0.449. The Balaban J connectivity index is 2.84. The van der Waals surface area contributed by atoms with Crippen molar-refractivity contribution in [3.63, 3.8) is 0 Å². The molecule has 0 radical (unpaired) electrons. The smallest absolute Gasteiger partial charge is 0.255 e. The molecule has 3 N–H and O–H groups in total. The minimum atomic E-state index is -0.203. The highest BCUT2D eigenvalue weighted by Gasteiger charge is 2.06. The van der Waals surface area contributed by atoms with Crippen molar-refractivity contribution in [2.75, 3.05) is 11.1 Å². The molecule has 0 unspecified atom stereocenters. The van der Waals surface area contributed by atoms with Crippen molar-refractivity contribution in [1.82, 2.24) is 0 Å². The lowest BCUT2D eigenvalue weighted by molar-refractivity contribution is -0.112. The van der Waals surface area contributed by atoms with Gasteiger partial charge < -0.3 is 11.1 Å². The molecule has 1 aromatic carbocycles. The molecule has 3 heteroatoms. The number of hydrogen-bond acceptors (Lipinski definition) is 2. The number of para-hydroxylation sites is 2. The summed E-state index contributed by atoms with van der Waals surface area (Å²) < 4.78 is 0. The van der Waals surface area contributed by atoms with Crippen LogP contribution in [0.15, 0.2) is 48.6 Å². The van der Waals surface area contributed by atoms with Crippen molar-refractivity contribution in [2.24, 2.45) is 0 Å². The van der Waals surface area contributed by atoms with Crippen LogP contribution in [0.3, 0.4) is 0 Å². The van der Waals surface area contributed by atoms with Gasteiger partial charge in [0.05, 0.1) is 11.4 Å². The molecule has 0 aliphatic heterocycles. The maximum atomic E-state index is 11.6. The number of allylic oxidation sites excluding steroid dienone is 1. The van der Waals surface area contributed by atoms with E-state index in [-0.39, 0.29) is 5.91 Å². The van der Waals surface area contributed by atoms with E-state index in [0.717, 1.165) is 0 Å². The summed E-state index contributed by atoms with van der Waals surface area (Å²) in [7, 11) is 0. The molecule has 0 fully saturated rings. The molecule has 3 nitrogen and oxygen atoms in total. The van der Waals surface area contributed by atoms with Crippen LogP contribution in [0.25, 0.3) is 0 Å². The first-order valence-corrected chi connectivity index (χ1v) is 4.63. The van der Waals surface area contributed by atoms with Crippen molar-refractivity contribution in [1.29, 1.82) is 0 Å². The van der Waals surface area contributed by atoms with E-state index in [2.05, 4.69) is 11.9 Å². The molecule has 0 aliphatic rings. The molecule has 0 aliphatic carbocycles. The van der Waals surface area contributed by atoms with E-state index in [4.69, 9.17) is 5.73 Å². The van der Waals surface area contributed by atoms with Crippen molar-refractivity contribution in [3.05, 3.63) is 48.6 Å². The number of nitrogens with two attached hydrogens (primary N) is 1. The Morgan fingerprint density at radius 2 is 2.13 bits per heavy atom. The van der Waals surface area contributed by atoms with E-state index in [1.165, 1.54) is 6.08 Å². The molecule has 1 rings (SSSR count). The summed E-state index contributed by atoms with van der Waals surface area (Å²) in [6.45, 7) is 5.34. The summed E-state index contributed by atoms with van der Waals surface area (Å²) in [6.07, 6.45) is 3.20. The summed E-state index contributed by atoms with van der Waals surface area (Å²) in [5.74, 6) is -0.203. The van der Waals surface area contributed by atoms with Gasteiger partial charge >= 0.3 is 0 Å². The monoisotopic (exact) mass is 202 g/mol. The lowest BCUT2D eigenvalue weighted by atomic mass is 10.2. The molecule has 1 aromatic rings. The highest BCUT2D eigenvalue weighted by molar-refractivity contribution is 6.06. The van der Waals surface area contributed by atoms with Crippen LogP contribution in [0, 0.1) is 0 Å². The van der Waals surface area contributed by atoms with Gasteiger partial charge in [0.1, 0.15) is 0 Å². The second-order valence-corrected chi connectivity index (χ2v) is 2.99. The van der Waals surface area contributed by atoms with Crippen LogP contribution in [0.1, 0.15) is 6.92 Å². The zero-order chi connectivity index (χ0) is 11.3. The van der Waals surface area contributed by atoms with Crippen LogP contribution in [0.5, 0.6) is 0 Å². The molecule has 0 saturated heterocycles. The minimum absolute atomic E-state index is 0.203. The molecule has 0 heterocycles. The molecular weight excluding hydrogens is 188 g/mol. The number of benzene rings is 1. The Morgan fingerprint density at radius 3 is 2.67 bits per heavy atom. The number of amides is 1. The van der Waals surface area contributed by atoms with Gasteiger partial charge in [0, 0.05) is 5.57 Å². The molecule has 0 spiro atoms. The van der Waals surface area contributed by atoms with Gasteiger partial charge in [-0.3, -0.25) is 4.79 Å². The average molecular weight is 202 g/mol. The lowest BCUT2D eigenvalue weighted by Crippen LogP contribution is -2.14. The summed E-state index contributed by atoms with van der Waals surface area (Å²) in [6, 6.07) is 7.12. The third-order valence-electron chi connectivity index (χ3n) is 2.00. The van der Waals surface area contributed by atoms with Crippen molar-refractivity contribution >= 4 is 17.3 Å². The third-order valence-corrected chi connectivity index (χ3v) is 2.00. The van der Waals surface area contributed by atoms with Gasteiger partial charge in [-0.1, -0.05) is 30.9 Å². The Bertz CT molecular complexity index is 408. The fourth-order valence-electron chi connectivity index (χ4n) is 1.15. The van der Waals surface area contributed by atoms with Gasteiger partial charge in [0.25, 0.3) is 5.91 Å². The fourth-order valence-corrected chi connectivity index (χ4v) is 1.15. The van der Waals surface area contributed by atoms with Crippen molar-refractivity contribution < 1.29 is 4.79 Å². The summed E-state index contributed by atoms with van der Waals surface area (Å²) >= 11 is 0. The van der Waals surface area contributed by atoms with E-state index in [9.17, 15) is 4.79 Å². The summed E-state index contributed by atoms with van der Waals surface area (Å²) in [5.41, 5.74) is 7.38. The second kappa shape index (κ2) is 5.00. The number of rotatable bonds is 3. The largest absolute Gasteiger partial charge is 0.397 e. The van der Waals surface area contributed by atoms with Gasteiger partial charge in [0.15, 0.2) is 0 Å². The fraction of sp³-hybridized carbons (Fsp3) is 0.0833. The van der Waals surface area contributed by atoms with E-state index in [1.807, 2.05) is 12.1 Å². The normalized spacial score (nSPS) is 10.9. The number of nitrogen functional groups attached to an aromatic ring is 1. The van der Waals surface area contributed by atoms with Crippen LogP contribution in [-0.2, 0) is 4.79 Å². The van der Waals surface area contributed by atoms with E-state index < -0.39 is 0 Å². The zero-order valence-corrected chi connectivity index (χ0v) is 8.66. The first kappa shape index (κ1) is 11.0. The van der Waals surface area contributed by atoms with Crippen molar-refractivity contribution in [3.8, 4) is 0 Å². The van der Waals surface area contributed by atoms with Crippen molar-refractivity contribution in [2.45, 2.75) is 6.92 Å². The Hall–Kier alpha value is -2.03. The lowest BCUT2D eigenvalue weighted by Gasteiger charge is -2.07. The van der Waals surface area contributed by atoms with Gasteiger partial charge in [-0.15, -0.1) is 0 Å². The molecule has 0 bridgehead atoms. The molecule has 0 aromatic heterocycles. The second-order valence-electron chi connectivity index (χ2n) is 2.99. The predicted octanol–water partition coefficient (Wildman–Crippen LogP) is 2.34. The van der Waals surface area contributed by atoms with Gasteiger partial charge in [0.2, 0.25) is 0 Å². The minimum Gasteiger partial charge on any atom is -0.397 e. The molecular formula is C12H14N2O. The number of hydrogen-bond donors (Lipinski definition) is 2. The SMILES string of the molecule is C=C/C(=C\C)C(=O)Nc1ccccc1N. The van der Waals surface area contributed by atoms with Crippen LogP contribution >= 0.6 is 0 Å². The molecule has 0 saturated carbocycles. The topological polar surface area (TPSA) is 55.1 Å². The van der Waals surface area contributed by atoms with E-state index >= 15 is 0 Å². The molecule has 78 valence electrons. The summed E-state index contributed by atoms with van der Waals surface area (Å²) in [5, 5.41) is 2.71. The molecule has 1 amide bonds. The number of anilines is 2. The van der Waals surface area contributed by atoms with Crippen LogP contribution < -0.4 is 11.1 Å². The van der Waals surface area contributed by atoms with Gasteiger partial charge in [-0.2, -0.15) is 0 Å². The van der Waals surface area contributed by atoms with E-state index in [1.54, 1.807) is 25.1 Å². The van der Waals surface area contributed by atoms with E-state index in [0.29, 0.717) is 16.9 Å². The number of carbonyl (C=O) groups is 1. The van der Waals surface area contributed by atoms with Crippen LogP contribution in [0.4, 0.5) is 11.4 Å². The Kier molecular flexibility index (Phi) is 3.68. The Morgan fingerprint density at radius 1 is 1.47 bits per heavy atom. The molecule has 15 heavy (non-hydrogen) atoms. The third kappa shape index (κ3) is 2.71. The average Bonchev–Trinajstić information content (AvgIpc) is 2.23. The van der Waals surface area contributed by atoms with Gasteiger partial charge in [-0.25, -0.2) is 0 Å². The van der Waals surface area contributed by atoms with Crippen LogP contribution in [-0.4, -0.2) is 5.91 Å². The zero-order valence-electron chi connectivity index (χ0n) is 8.66. The van der Waals surface area contributed by atoms with Crippen LogP contribution in [0.2, 0.25) is 0 Å². The maximum absolute atomic E-state index is 11.6. The highest BCUT2D eigenvalue weighted by atomic mass is 16.1. The summed E-state index contributed by atoms with van der Waals surface area (Å²) in [4.78, 5) is 11.6. The number of nitrogens with one attached hydrogen (secondary N) is 1. The number of carbonyl (C=O) groups excluding carboxylic acids is 1. The van der Waals surface area contributed by atoms with Gasteiger partial charge in [-0.05, 0) is 19.1 Å². The maximum Gasteiger partial charge on any atom is 0.255 e. The first-order valence-electron chi connectivity index (χ1n) is 4.63. The standard InChI is InChI=1S/C12H14N2O/c1-3-9(4-2)12(15)14-11-8-6-5-7-10(11)13/h3-8H,1,13H2,2H3,(H,14,15)/b9-4+. The first-order chi connectivity index (χ1) is 7.19. The highest BCUT2D eigenvalue weighted by Crippen LogP contribution is 2.17.